The number of carbonyl (C=O) groups is 1. The fourth-order valence-electron chi connectivity index (χ4n) is 1.22. The third kappa shape index (κ3) is 4.36. The van der Waals surface area contributed by atoms with Crippen molar-refractivity contribution in [2.45, 2.75) is 11.3 Å². The fourth-order valence-corrected chi connectivity index (χ4v) is 1.99. The number of alkyl halides is 1. The van der Waals surface area contributed by atoms with Crippen LogP contribution in [0.4, 0.5) is 0 Å². The largest absolute Gasteiger partial charge is 0.352 e. The Bertz CT molecular complexity index is 482. The average Bonchev–Trinajstić information content (AvgIpc) is 2.28. The van der Waals surface area contributed by atoms with Crippen LogP contribution in [0.2, 0.25) is 0 Å². The Morgan fingerprint density at radius 2 is 1.88 bits per heavy atom. The summed E-state index contributed by atoms with van der Waals surface area (Å²) < 4.78 is 22.4. The van der Waals surface area contributed by atoms with Gasteiger partial charge in [0.05, 0.1) is 4.90 Å². The first-order chi connectivity index (χ1) is 7.95. The summed E-state index contributed by atoms with van der Waals surface area (Å²) in [5.74, 6) is 0.267. The van der Waals surface area contributed by atoms with E-state index in [-0.39, 0.29) is 10.8 Å². The molecule has 6 heteroatoms. The van der Waals surface area contributed by atoms with Gasteiger partial charge >= 0.3 is 0 Å². The third-order valence-corrected chi connectivity index (χ3v) is 3.54. The lowest BCUT2D eigenvalue weighted by molar-refractivity contribution is 0.0953. The van der Waals surface area contributed by atoms with Crippen LogP contribution in [0.25, 0.3) is 0 Å². The number of nitrogens with one attached hydrogen (secondary N) is 1. The topological polar surface area (TPSA) is 63.2 Å². The van der Waals surface area contributed by atoms with Gasteiger partial charge in [0.15, 0.2) is 9.84 Å². The van der Waals surface area contributed by atoms with Gasteiger partial charge in [-0.1, -0.05) is 0 Å². The van der Waals surface area contributed by atoms with Crippen molar-refractivity contribution in [1.82, 2.24) is 5.32 Å². The fraction of sp³-hybridized carbons (Fsp3) is 0.364. The Balaban J connectivity index is 2.71. The minimum Gasteiger partial charge on any atom is -0.352 e. The second-order valence-electron chi connectivity index (χ2n) is 3.59. The number of benzene rings is 1. The maximum Gasteiger partial charge on any atom is 0.251 e. The van der Waals surface area contributed by atoms with Crippen LogP contribution in [0.3, 0.4) is 0 Å². The van der Waals surface area contributed by atoms with Gasteiger partial charge in [0.1, 0.15) is 0 Å². The number of hydrogen-bond donors (Lipinski definition) is 1. The van der Waals surface area contributed by atoms with Gasteiger partial charge in [-0.05, 0) is 30.7 Å². The molecule has 0 saturated heterocycles. The molecule has 0 aliphatic heterocycles. The quantitative estimate of drug-likeness (QED) is 0.653. The lowest BCUT2D eigenvalue weighted by Crippen LogP contribution is -2.24. The molecule has 0 bridgehead atoms. The van der Waals surface area contributed by atoms with Crippen LogP contribution in [0.15, 0.2) is 29.2 Å². The maximum absolute atomic E-state index is 11.6. The normalized spacial score (nSPS) is 11.2. The summed E-state index contributed by atoms with van der Waals surface area (Å²) in [6.45, 7) is 0.510. The van der Waals surface area contributed by atoms with Crippen LogP contribution in [-0.2, 0) is 9.84 Å². The van der Waals surface area contributed by atoms with E-state index in [9.17, 15) is 13.2 Å². The van der Waals surface area contributed by atoms with E-state index in [0.29, 0.717) is 24.4 Å². The Morgan fingerprint density at radius 3 is 2.35 bits per heavy atom. The molecule has 0 atom stereocenters. The van der Waals surface area contributed by atoms with Crippen LogP contribution < -0.4 is 5.32 Å². The van der Waals surface area contributed by atoms with Crippen molar-refractivity contribution >= 4 is 27.3 Å². The molecule has 0 aromatic heterocycles. The number of carbonyl (C=O) groups excluding carboxylic acids is 1. The van der Waals surface area contributed by atoms with Crippen molar-refractivity contribution in [2.24, 2.45) is 0 Å². The third-order valence-electron chi connectivity index (χ3n) is 2.14. The van der Waals surface area contributed by atoms with Gasteiger partial charge in [-0.15, -0.1) is 11.6 Å². The van der Waals surface area contributed by atoms with Crippen LogP contribution >= 0.6 is 11.6 Å². The second-order valence-corrected chi connectivity index (χ2v) is 5.99. The van der Waals surface area contributed by atoms with Crippen LogP contribution in [0.1, 0.15) is 16.8 Å². The van der Waals surface area contributed by atoms with Gasteiger partial charge < -0.3 is 5.32 Å². The molecule has 0 aliphatic rings. The van der Waals surface area contributed by atoms with E-state index >= 15 is 0 Å². The molecule has 1 rings (SSSR count). The molecular formula is C11H14ClNO3S. The maximum atomic E-state index is 11.6. The standard InChI is InChI=1S/C11H14ClNO3S/c1-17(15,16)10-5-3-9(4-6-10)11(14)13-8-2-7-12/h3-6H,2,7-8H2,1H3,(H,13,14). The van der Waals surface area contributed by atoms with E-state index in [1.165, 1.54) is 24.3 Å². The van der Waals surface area contributed by atoms with Crippen molar-refractivity contribution in [3.05, 3.63) is 29.8 Å². The van der Waals surface area contributed by atoms with Gasteiger partial charge in [-0.3, -0.25) is 4.79 Å². The molecular weight excluding hydrogens is 262 g/mol. The van der Waals surface area contributed by atoms with Crippen molar-refractivity contribution in [3.63, 3.8) is 0 Å². The molecule has 1 N–H and O–H groups in total. The highest BCUT2D eigenvalue weighted by atomic mass is 35.5. The lowest BCUT2D eigenvalue weighted by atomic mass is 10.2. The Labute approximate surface area is 106 Å². The Hall–Kier alpha value is -1.07. The zero-order valence-electron chi connectivity index (χ0n) is 9.44. The molecule has 1 aromatic carbocycles. The monoisotopic (exact) mass is 275 g/mol. The predicted molar refractivity (Wildman–Crippen MR) is 67.2 cm³/mol. The summed E-state index contributed by atoms with van der Waals surface area (Å²) in [5.41, 5.74) is 0.437. The molecule has 1 aromatic rings. The summed E-state index contributed by atoms with van der Waals surface area (Å²) in [5, 5.41) is 2.69. The molecule has 0 spiro atoms. The lowest BCUT2D eigenvalue weighted by Gasteiger charge is -2.04. The number of sulfone groups is 1. The van der Waals surface area contributed by atoms with Crippen molar-refractivity contribution in [3.8, 4) is 0 Å². The van der Waals surface area contributed by atoms with Crippen LogP contribution in [0.5, 0.6) is 0 Å². The summed E-state index contributed by atoms with van der Waals surface area (Å²) >= 11 is 5.48. The zero-order chi connectivity index (χ0) is 12.9. The number of hydrogen-bond acceptors (Lipinski definition) is 3. The van der Waals surface area contributed by atoms with Crippen molar-refractivity contribution < 1.29 is 13.2 Å². The summed E-state index contributed by atoms with van der Waals surface area (Å²) in [7, 11) is -3.22. The smallest absolute Gasteiger partial charge is 0.251 e. The van der Waals surface area contributed by atoms with Crippen molar-refractivity contribution in [1.29, 1.82) is 0 Å². The number of halogens is 1. The first-order valence-electron chi connectivity index (χ1n) is 5.09. The van der Waals surface area contributed by atoms with E-state index in [1.54, 1.807) is 0 Å². The molecule has 0 radical (unpaired) electrons. The summed E-state index contributed by atoms with van der Waals surface area (Å²) in [6.07, 6.45) is 1.83. The zero-order valence-corrected chi connectivity index (χ0v) is 11.0. The molecule has 0 unspecified atom stereocenters. The molecule has 1 amide bonds. The van der Waals surface area contributed by atoms with Gasteiger partial charge in [-0.25, -0.2) is 8.42 Å². The number of rotatable bonds is 5. The van der Waals surface area contributed by atoms with Crippen LogP contribution in [-0.4, -0.2) is 33.0 Å². The minimum absolute atomic E-state index is 0.204. The number of amides is 1. The highest BCUT2D eigenvalue weighted by Gasteiger charge is 2.09. The van der Waals surface area contributed by atoms with Crippen molar-refractivity contribution in [2.75, 3.05) is 18.7 Å². The van der Waals surface area contributed by atoms with Gasteiger partial charge in [-0.2, -0.15) is 0 Å². The highest BCUT2D eigenvalue weighted by Crippen LogP contribution is 2.10. The second kappa shape index (κ2) is 6.02. The molecule has 0 fully saturated rings. The summed E-state index contributed by atoms with van der Waals surface area (Å²) in [6, 6.07) is 5.83. The SMILES string of the molecule is CS(=O)(=O)c1ccc(C(=O)NCCCCl)cc1. The highest BCUT2D eigenvalue weighted by molar-refractivity contribution is 7.90. The summed E-state index contributed by atoms with van der Waals surface area (Å²) in [4.78, 5) is 11.8. The first kappa shape index (κ1) is 14.0. The molecule has 0 heterocycles. The van der Waals surface area contributed by atoms with Crippen LogP contribution in [0, 0.1) is 0 Å². The van der Waals surface area contributed by atoms with E-state index in [4.69, 9.17) is 11.6 Å². The predicted octanol–water partition coefficient (Wildman–Crippen LogP) is 1.45. The Morgan fingerprint density at radius 1 is 1.29 bits per heavy atom. The molecule has 94 valence electrons. The molecule has 17 heavy (non-hydrogen) atoms. The van der Waals surface area contributed by atoms with E-state index in [2.05, 4.69) is 5.32 Å². The minimum atomic E-state index is -3.22. The Kier molecular flexibility index (Phi) is 4.96. The molecule has 0 saturated carbocycles. The average molecular weight is 276 g/mol. The van der Waals surface area contributed by atoms with E-state index in [1.807, 2.05) is 0 Å². The van der Waals surface area contributed by atoms with Gasteiger partial charge in [0.25, 0.3) is 5.91 Å². The molecule has 4 nitrogen and oxygen atoms in total. The van der Waals surface area contributed by atoms with Gasteiger partial charge in [0, 0.05) is 24.2 Å². The first-order valence-corrected chi connectivity index (χ1v) is 7.52. The molecule has 0 aliphatic carbocycles. The van der Waals surface area contributed by atoms with E-state index in [0.717, 1.165) is 6.26 Å². The van der Waals surface area contributed by atoms with Gasteiger partial charge in [0.2, 0.25) is 0 Å². The van der Waals surface area contributed by atoms with E-state index < -0.39 is 9.84 Å².